The van der Waals surface area contributed by atoms with E-state index in [9.17, 15) is 9.18 Å². The smallest absolute Gasteiger partial charge is 0.239 e. The van der Waals surface area contributed by atoms with Crippen molar-refractivity contribution in [3.8, 4) is 6.07 Å². The second-order valence-corrected chi connectivity index (χ2v) is 5.12. The average Bonchev–Trinajstić information content (AvgIpc) is 2.60. The summed E-state index contributed by atoms with van der Waals surface area (Å²) in [5, 5.41) is 17.8. The fourth-order valence-corrected chi connectivity index (χ4v) is 2.18. The van der Waals surface area contributed by atoms with E-state index in [2.05, 4.69) is 22.0 Å². The van der Waals surface area contributed by atoms with E-state index in [4.69, 9.17) is 5.26 Å². The van der Waals surface area contributed by atoms with Gasteiger partial charge in [-0.25, -0.2) is 4.39 Å². The molecule has 2 rings (SSSR count). The summed E-state index contributed by atoms with van der Waals surface area (Å²) in [5.41, 5.74) is 2.44. The lowest BCUT2D eigenvalue weighted by Gasteiger charge is -2.13. The van der Waals surface area contributed by atoms with Gasteiger partial charge in [-0.05, 0) is 31.2 Å². The van der Waals surface area contributed by atoms with Crippen molar-refractivity contribution in [2.75, 3.05) is 23.7 Å². The maximum atomic E-state index is 13.5. The Hall–Kier alpha value is -3.07. The zero-order valence-corrected chi connectivity index (χ0v) is 13.4. The second kappa shape index (κ2) is 8.53. The van der Waals surface area contributed by atoms with E-state index in [0.29, 0.717) is 16.8 Å². The molecule has 3 N–H and O–H groups in total. The Labute approximate surface area is 140 Å². The highest BCUT2D eigenvalue weighted by atomic mass is 19.1. The van der Waals surface area contributed by atoms with Crippen LogP contribution < -0.4 is 16.0 Å². The van der Waals surface area contributed by atoms with Crippen molar-refractivity contribution in [2.45, 2.75) is 13.5 Å². The van der Waals surface area contributed by atoms with Crippen LogP contribution in [0.2, 0.25) is 0 Å². The molecule has 0 saturated carbocycles. The summed E-state index contributed by atoms with van der Waals surface area (Å²) < 4.78 is 13.5. The minimum absolute atomic E-state index is 0.0295. The molecular weight excluding hydrogens is 307 g/mol. The first kappa shape index (κ1) is 17.3. The van der Waals surface area contributed by atoms with Crippen molar-refractivity contribution < 1.29 is 9.18 Å². The van der Waals surface area contributed by atoms with E-state index in [1.807, 2.05) is 6.92 Å². The predicted octanol–water partition coefficient (Wildman–Crippen LogP) is 2.86. The van der Waals surface area contributed by atoms with Crippen LogP contribution in [0.3, 0.4) is 0 Å². The molecule has 2 aromatic carbocycles. The summed E-state index contributed by atoms with van der Waals surface area (Å²) in [6.45, 7) is 2.84. The van der Waals surface area contributed by atoms with Gasteiger partial charge in [-0.3, -0.25) is 4.79 Å². The molecule has 0 saturated heterocycles. The summed E-state index contributed by atoms with van der Waals surface area (Å²) in [5.74, 6) is -0.607. The van der Waals surface area contributed by atoms with Crippen LogP contribution in [0.5, 0.6) is 0 Å². The van der Waals surface area contributed by atoms with Gasteiger partial charge in [0, 0.05) is 18.7 Å². The number of rotatable bonds is 7. The van der Waals surface area contributed by atoms with Gasteiger partial charge in [0.1, 0.15) is 5.82 Å². The summed E-state index contributed by atoms with van der Waals surface area (Å²) in [7, 11) is 0. The fourth-order valence-electron chi connectivity index (χ4n) is 2.18. The molecule has 6 heteroatoms. The molecule has 0 atom stereocenters. The molecule has 2 aromatic rings. The number of benzene rings is 2. The Morgan fingerprint density at radius 3 is 2.67 bits per heavy atom. The van der Waals surface area contributed by atoms with Gasteiger partial charge in [0.25, 0.3) is 0 Å². The SMILES string of the molecule is CCNc1ccc(C#N)cc1NCC(=O)NCc1ccccc1F. The molecule has 0 aromatic heterocycles. The maximum Gasteiger partial charge on any atom is 0.239 e. The van der Waals surface area contributed by atoms with E-state index >= 15 is 0 Å². The van der Waals surface area contributed by atoms with Gasteiger partial charge in [0.2, 0.25) is 5.91 Å². The van der Waals surface area contributed by atoms with Gasteiger partial charge in [0.05, 0.1) is 29.6 Å². The van der Waals surface area contributed by atoms with Crippen LogP contribution in [0, 0.1) is 17.1 Å². The molecule has 0 aliphatic carbocycles. The number of anilines is 2. The molecule has 0 aliphatic heterocycles. The first-order valence-electron chi connectivity index (χ1n) is 7.66. The van der Waals surface area contributed by atoms with Crippen molar-refractivity contribution in [3.63, 3.8) is 0 Å². The van der Waals surface area contributed by atoms with Gasteiger partial charge >= 0.3 is 0 Å². The molecule has 0 heterocycles. The molecule has 0 radical (unpaired) electrons. The third-order valence-corrected chi connectivity index (χ3v) is 3.39. The van der Waals surface area contributed by atoms with E-state index < -0.39 is 0 Å². The lowest BCUT2D eigenvalue weighted by molar-refractivity contribution is -0.119. The van der Waals surface area contributed by atoms with Crippen molar-refractivity contribution in [1.82, 2.24) is 5.32 Å². The number of nitrogens with one attached hydrogen (secondary N) is 3. The zero-order chi connectivity index (χ0) is 17.4. The van der Waals surface area contributed by atoms with Crippen molar-refractivity contribution in [1.29, 1.82) is 5.26 Å². The summed E-state index contributed by atoms with van der Waals surface area (Å²) in [6, 6.07) is 13.6. The van der Waals surface area contributed by atoms with Gasteiger partial charge in [-0.2, -0.15) is 5.26 Å². The molecule has 0 bridgehead atoms. The first-order chi connectivity index (χ1) is 11.6. The summed E-state index contributed by atoms with van der Waals surface area (Å²) in [6.07, 6.45) is 0. The Balaban J connectivity index is 1.94. The molecule has 1 amide bonds. The standard InChI is InChI=1S/C18H19FN4O/c1-2-21-16-8-7-13(10-20)9-17(16)22-12-18(24)23-11-14-5-3-4-6-15(14)19/h3-9,21-22H,2,11-12H2,1H3,(H,23,24). The van der Waals surface area contributed by atoms with Crippen molar-refractivity contribution in [3.05, 3.63) is 59.4 Å². The third kappa shape index (κ3) is 4.71. The van der Waals surface area contributed by atoms with E-state index in [1.165, 1.54) is 6.07 Å². The summed E-state index contributed by atoms with van der Waals surface area (Å²) >= 11 is 0. The van der Waals surface area contributed by atoms with Crippen LogP contribution in [0.15, 0.2) is 42.5 Å². The number of amides is 1. The Morgan fingerprint density at radius 1 is 1.17 bits per heavy atom. The van der Waals surface area contributed by atoms with Crippen molar-refractivity contribution in [2.24, 2.45) is 0 Å². The second-order valence-electron chi connectivity index (χ2n) is 5.12. The minimum atomic E-state index is -0.345. The van der Waals surface area contributed by atoms with Gasteiger partial charge in [0.15, 0.2) is 0 Å². The number of carbonyl (C=O) groups excluding carboxylic acids is 1. The van der Waals surface area contributed by atoms with Crippen LogP contribution in [-0.4, -0.2) is 19.0 Å². The highest BCUT2D eigenvalue weighted by Crippen LogP contribution is 2.22. The highest BCUT2D eigenvalue weighted by molar-refractivity contribution is 5.82. The van der Waals surface area contributed by atoms with Crippen molar-refractivity contribution >= 4 is 17.3 Å². The predicted molar refractivity (Wildman–Crippen MR) is 92.1 cm³/mol. The number of hydrogen-bond donors (Lipinski definition) is 3. The summed E-state index contributed by atoms with van der Waals surface area (Å²) in [4.78, 5) is 11.9. The highest BCUT2D eigenvalue weighted by Gasteiger charge is 2.07. The quantitative estimate of drug-likeness (QED) is 0.731. The molecule has 0 unspecified atom stereocenters. The molecule has 124 valence electrons. The molecule has 0 aliphatic rings. The van der Waals surface area contributed by atoms with Gasteiger partial charge < -0.3 is 16.0 Å². The fraction of sp³-hybridized carbons (Fsp3) is 0.222. The van der Waals surface area contributed by atoms with E-state index in [1.54, 1.807) is 36.4 Å². The average molecular weight is 326 g/mol. The molecule has 5 nitrogen and oxygen atoms in total. The lowest BCUT2D eigenvalue weighted by atomic mass is 10.2. The Kier molecular flexibility index (Phi) is 6.15. The van der Waals surface area contributed by atoms with Gasteiger partial charge in [-0.1, -0.05) is 18.2 Å². The minimum Gasteiger partial charge on any atom is -0.384 e. The molecule has 0 fully saturated rings. The lowest BCUT2D eigenvalue weighted by Crippen LogP contribution is -2.29. The third-order valence-electron chi connectivity index (χ3n) is 3.39. The van der Waals surface area contributed by atoms with Crippen LogP contribution in [0.25, 0.3) is 0 Å². The number of carbonyl (C=O) groups is 1. The normalized spacial score (nSPS) is 9.88. The molecular formula is C18H19FN4O. The first-order valence-corrected chi connectivity index (χ1v) is 7.66. The monoisotopic (exact) mass is 326 g/mol. The topological polar surface area (TPSA) is 77.0 Å². The van der Waals surface area contributed by atoms with E-state index in [-0.39, 0.29) is 24.8 Å². The zero-order valence-electron chi connectivity index (χ0n) is 13.4. The van der Waals surface area contributed by atoms with Crippen LogP contribution in [0.4, 0.5) is 15.8 Å². The number of halogens is 1. The number of hydrogen-bond acceptors (Lipinski definition) is 4. The van der Waals surface area contributed by atoms with Crippen LogP contribution in [0.1, 0.15) is 18.1 Å². The largest absolute Gasteiger partial charge is 0.384 e. The number of nitrogens with zero attached hydrogens (tertiary/aromatic N) is 1. The Morgan fingerprint density at radius 2 is 1.96 bits per heavy atom. The Bertz CT molecular complexity index is 755. The number of nitriles is 1. The molecule has 0 spiro atoms. The van der Waals surface area contributed by atoms with Gasteiger partial charge in [-0.15, -0.1) is 0 Å². The van der Waals surface area contributed by atoms with Crippen LogP contribution in [-0.2, 0) is 11.3 Å². The van der Waals surface area contributed by atoms with Crippen LogP contribution >= 0.6 is 0 Å². The van der Waals surface area contributed by atoms with E-state index in [0.717, 1.165) is 12.2 Å². The maximum absolute atomic E-state index is 13.5. The molecule has 24 heavy (non-hydrogen) atoms.